The van der Waals surface area contributed by atoms with Crippen molar-refractivity contribution >= 4 is 35.8 Å². The molecule has 0 bridgehead atoms. The first-order chi connectivity index (χ1) is 8.24. The summed E-state index contributed by atoms with van der Waals surface area (Å²) < 4.78 is 0. The van der Waals surface area contributed by atoms with Crippen LogP contribution in [0.4, 0.5) is 0 Å². The van der Waals surface area contributed by atoms with Crippen molar-refractivity contribution in [2.75, 3.05) is 0 Å². The first-order valence-electron chi connectivity index (χ1n) is 5.12. The average molecular weight is 282 g/mol. The largest absolute Gasteiger partial charge is 0.478 e. The van der Waals surface area contributed by atoms with Crippen molar-refractivity contribution in [3.05, 3.63) is 58.1 Å². The molecule has 0 saturated carbocycles. The van der Waals surface area contributed by atoms with E-state index in [1.165, 1.54) is 4.88 Å². The molecule has 2 aromatic rings. The number of carbonyl (C=O) groups is 1. The van der Waals surface area contributed by atoms with Gasteiger partial charge in [-0.3, -0.25) is 4.98 Å². The van der Waals surface area contributed by atoms with Crippen LogP contribution in [0.2, 0.25) is 0 Å². The molecule has 0 atom stereocenters. The molecule has 2 aromatic heterocycles. The smallest absolute Gasteiger partial charge is 0.328 e. The third kappa shape index (κ3) is 4.31. The Hall–Kier alpha value is -1.65. The molecule has 0 amide bonds. The lowest BCUT2D eigenvalue weighted by atomic mass is 10.2. The maximum absolute atomic E-state index is 10.4. The Morgan fingerprint density at radius 1 is 1.39 bits per heavy atom. The number of rotatable bonds is 4. The lowest BCUT2D eigenvalue weighted by Crippen LogP contribution is -1.84. The van der Waals surface area contributed by atoms with Gasteiger partial charge < -0.3 is 5.11 Å². The molecule has 0 aliphatic heterocycles. The van der Waals surface area contributed by atoms with Crippen LogP contribution in [0, 0.1) is 0 Å². The molecule has 0 spiro atoms. The van der Waals surface area contributed by atoms with Gasteiger partial charge in [-0.25, -0.2) is 4.79 Å². The molecule has 0 aliphatic rings. The van der Waals surface area contributed by atoms with E-state index in [4.69, 9.17) is 5.11 Å². The van der Waals surface area contributed by atoms with E-state index in [9.17, 15) is 4.79 Å². The van der Waals surface area contributed by atoms with Crippen LogP contribution >= 0.6 is 23.7 Å². The monoisotopic (exact) mass is 281 g/mol. The van der Waals surface area contributed by atoms with Crippen molar-refractivity contribution in [3.8, 4) is 0 Å². The van der Waals surface area contributed by atoms with Gasteiger partial charge in [0.25, 0.3) is 0 Å². The van der Waals surface area contributed by atoms with Crippen LogP contribution in [-0.4, -0.2) is 16.1 Å². The standard InChI is InChI=1S/C13H11NO2S.ClH/c15-13(16)6-5-11-3-4-12(17-11)8-10-2-1-7-14-9-10;/h1-7,9H,8H2,(H,15,16);1H. The third-order valence-electron chi connectivity index (χ3n) is 2.17. The maximum Gasteiger partial charge on any atom is 0.328 e. The fraction of sp³-hybridized carbons (Fsp3) is 0.0769. The predicted molar refractivity (Wildman–Crippen MR) is 75.3 cm³/mol. The van der Waals surface area contributed by atoms with Gasteiger partial charge in [0.2, 0.25) is 0 Å². The fourth-order valence-corrected chi connectivity index (χ4v) is 2.39. The van der Waals surface area contributed by atoms with E-state index in [2.05, 4.69) is 4.98 Å². The molecule has 0 aliphatic carbocycles. The van der Waals surface area contributed by atoms with Crippen LogP contribution in [0.15, 0.2) is 42.7 Å². The first kappa shape index (κ1) is 14.4. The number of hydrogen-bond donors (Lipinski definition) is 1. The molecule has 0 fully saturated rings. The number of carboxylic acids is 1. The summed E-state index contributed by atoms with van der Waals surface area (Å²) in [5.74, 6) is -0.924. The number of pyridine rings is 1. The Morgan fingerprint density at radius 3 is 2.89 bits per heavy atom. The minimum atomic E-state index is -0.924. The molecular weight excluding hydrogens is 270 g/mol. The highest BCUT2D eigenvalue weighted by Gasteiger charge is 2.00. The number of aliphatic carboxylic acids is 1. The van der Waals surface area contributed by atoms with Crippen LogP contribution in [0.5, 0.6) is 0 Å². The van der Waals surface area contributed by atoms with E-state index >= 15 is 0 Å². The summed E-state index contributed by atoms with van der Waals surface area (Å²) in [5.41, 5.74) is 1.16. The summed E-state index contributed by atoms with van der Waals surface area (Å²) in [6, 6.07) is 7.88. The highest BCUT2D eigenvalue weighted by molar-refractivity contribution is 7.12. The van der Waals surface area contributed by atoms with Crippen molar-refractivity contribution in [2.45, 2.75) is 6.42 Å². The van der Waals surface area contributed by atoms with Gasteiger partial charge in [0.05, 0.1) is 0 Å². The van der Waals surface area contributed by atoms with Gasteiger partial charge in [-0.05, 0) is 29.8 Å². The summed E-state index contributed by atoms with van der Waals surface area (Å²) in [7, 11) is 0. The molecule has 5 heteroatoms. The normalized spacial score (nSPS) is 10.2. The van der Waals surface area contributed by atoms with Crippen LogP contribution in [-0.2, 0) is 11.2 Å². The SMILES string of the molecule is Cl.O=C(O)C=Cc1ccc(Cc2cccnc2)s1. The summed E-state index contributed by atoms with van der Waals surface area (Å²) in [4.78, 5) is 16.6. The quantitative estimate of drug-likeness (QED) is 0.875. The molecule has 2 heterocycles. The van der Waals surface area contributed by atoms with Crippen LogP contribution in [0.25, 0.3) is 6.08 Å². The van der Waals surface area contributed by atoms with Gasteiger partial charge >= 0.3 is 5.97 Å². The van der Waals surface area contributed by atoms with E-state index in [0.29, 0.717) is 0 Å². The van der Waals surface area contributed by atoms with E-state index in [0.717, 1.165) is 22.9 Å². The van der Waals surface area contributed by atoms with Gasteiger partial charge in [0.1, 0.15) is 0 Å². The molecule has 94 valence electrons. The van der Waals surface area contributed by atoms with E-state index < -0.39 is 5.97 Å². The van der Waals surface area contributed by atoms with Gasteiger partial charge in [0.15, 0.2) is 0 Å². The van der Waals surface area contributed by atoms with Crippen LogP contribution in [0.3, 0.4) is 0 Å². The zero-order chi connectivity index (χ0) is 12.1. The van der Waals surface area contributed by atoms with Gasteiger partial charge in [-0.15, -0.1) is 23.7 Å². The number of halogens is 1. The molecule has 3 nitrogen and oxygen atoms in total. The zero-order valence-electron chi connectivity index (χ0n) is 9.45. The fourth-order valence-electron chi connectivity index (χ4n) is 1.44. The Morgan fingerprint density at radius 2 is 2.22 bits per heavy atom. The highest BCUT2D eigenvalue weighted by Crippen LogP contribution is 2.20. The number of aromatic nitrogens is 1. The van der Waals surface area contributed by atoms with Crippen molar-refractivity contribution in [2.24, 2.45) is 0 Å². The molecule has 0 aromatic carbocycles. The summed E-state index contributed by atoms with van der Waals surface area (Å²) in [5, 5.41) is 8.53. The van der Waals surface area contributed by atoms with Crippen molar-refractivity contribution < 1.29 is 9.90 Å². The van der Waals surface area contributed by atoms with Gasteiger partial charge in [-0.1, -0.05) is 6.07 Å². The van der Waals surface area contributed by atoms with Crippen molar-refractivity contribution in [1.82, 2.24) is 4.98 Å². The minimum absolute atomic E-state index is 0. The Balaban J connectivity index is 0.00000162. The lowest BCUT2D eigenvalue weighted by Gasteiger charge is -1.95. The molecule has 18 heavy (non-hydrogen) atoms. The summed E-state index contributed by atoms with van der Waals surface area (Å²) in [6.45, 7) is 0. The molecular formula is C13H12ClNO2S. The van der Waals surface area contributed by atoms with E-state index in [1.807, 2.05) is 30.5 Å². The van der Waals surface area contributed by atoms with E-state index in [-0.39, 0.29) is 12.4 Å². The maximum atomic E-state index is 10.4. The second-order valence-electron chi connectivity index (χ2n) is 3.51. The number of carboxylic acid groups (broad SMARTS) is 1. The number of hydrogen-bond acceptors (Lipinski definition) is 3. The van der Waals surface area contributed by atoms with E-state index in [1.54, 1.807) is 23.6 Å². The second-order valence-corrected chi connectivity index (χ2v) is 4.71. The molecule has 0 saturated heterocycles. The number of thiophene rings is 1. The lowest BCUT2D eigenvalue weighted by molar-refractivity contribution is -0.131. The Kier molecular flexibility index (Phi) is 5.55. The summed E-state index contributed by atoms with van der Waals surface area (Å²) in [6.07, 6.45) is 7.18. The topological polar surface area (TPSA) is 50.2 Å². The molecule has 1 N–H and O–H groups in total. The molecule has 0 radical (unpaired) electrons. The number of nitrogens with zero attached hydrogens (tertiary/aromatic N) is 1. The predicted octanol–water partition coefficient (Wildman–Crippen LogP) is 3.25. The van der Waals surface area contributed by atoms with Crippen LogP contribution < -0.4 is 0 Å². The molecule has 0 unspecified atom stereocenters. The van der Waals surface area contributed by atoms with Crippen molar-refractivity contribution in [1.29, 1.82) is 0 Å². The average Bonchev–Trinajstić information content (AvgIpc) is 2.75. The third-order valence-corrected chi connectivity index (χ3v) is 3.22. The van der Waals surface area contributed by atoms with Crippen LogP contribution in [0.1, 0.15) is 15.3 Å². The minimum Gasteiger partial charge on any atom is -0.478 e. The second kappa shape index (κ2) is 6.93. The highest BCUT2D eigenvalue weighted by atomic mass is 35.5. The Bertz CT molecular complexity index is 537. The summed E-state index contributed by atoms with van der Waals surface area (Å²) >= 11 is 1.59. The Labute approximate surface area is 115 Å². The molecule has 2 rings (SSSR count). The van der Waals surface area contributed by atoms with Gasteiger partial charge in [0, 0.05) is 34.6 Å². The van der Waals surface area contributed by atoms with Gasteiger partial charge in [-0.2, -0.15) is 0 Å². The zero-order valence-corrected chi connectivity index (χ0v) is 11.1. The van der Waals surface area contributed by atoms with Crippen molar-refractivity contribution in [3.63, 3.8) is 0 Å². The first-order valence-corrected chi connectivity index (χ1v) is 5.94.